The molecule has 2 aliphatic carbocycles. The zero-order valence-corrected chi connectivity index (χ0v) is 19.4. The highest BCUT2D eigenvalue weighted by Crippen LogP contribution is 2.58. The molecule has 2 atom stereocenters. The molecule has 8 heteroatoms. The molecule has 1 aliphatic heterocycles. The monoisotopic (exact) mass is 455 g/mol. The lowest BCUT2D eigenvalue weighted by Crippen LogP contribution is -2.42. The maximum atomic E-state index is 14.3. The van der Waals surface area contributed by atoms with Crippen molar-refractivity contribution in [2.24, 2.45) is 11.3 Å². The van der Waals surface area contributed by atoms with Crippen molar-refractivity contribution in [3.63, 3.8) is 0 Å². The van der Waals surface area contributed by atoms with Crippen LogP contribution in [0.1, 0.15) is 50.7 Å². The summed E-state index contributed by atoms with van der Waals surface area (Å²) in [5, 5.41) is 0. The smallest absolute Gasteiger partial charge is 0.410 e. The molecule has 0 bridgehead atoms. The van der Waals surface area contributed by atoms with Crippen LogP contribution in [0.4, 0.5) is 9.18 Å². The van der Waals surface area contributed by atoms with Crippen molar-refractivity contribution in [1.82, 2.24) is 14.9 Å². The zero-order valence-electron chi connectivity index (χ0n) is 19.4. The Hall–Kier alpha value is -2.90. The summed E-state index contributed by atoms with van der Waals surface area (Å²) in [6.45, 7) is 7.68. The summed E-state index contributed by atoms with van der Waals surface area (Å²) in [5.74, 6) is 0.832. The SMILES string of the molecule is CCc1ccc(Oc2ncnc(OCC34CCN(C(=O)OC5(C)CC5)CC3C4)c2C)c(F)c1. The number of piperidine rings is 1. The molecule has 2 heterocycles. The molecule has 1 amide bonds. The second-order valence-corrected chi connectivity index (χ2v) is 9.90. The van der Waals surface area contributed by atoms with Crippen LogP contribution >= 0.6 is 0 Å². The molecule has 2 aromatic rings. The molecular weight excluding hydrogens is 425 g/mol. The maximum Gasteiger partial charge on any atom is 0.410 e. The predicted molar refractivity (Wildman–Crippen MR) is 119 cm³/mol. The van der Waals surface area contributed by atoms with Crippen molar-refractivity contribution < 1.29 is 23.4 Å². The Kier molecular flexibility index (Phi) is 5.41. The third kappa shape index (κ3) is 4.48. The third-order valence-electron chi connectivity index (χ3n) is 7.32. The standard InChI is InChI=1S/C25H30FN3O4/c1-4-17-5-6-20(19(26)11-17)32-22-16(2)21(27-15-28-22)31-14-25-9-10-29(13-18(25)12-25)23(30)33-24(3)7-8-24/h5-6,11,15,18H,4,7-10,12-14H2,1-3H3. The average molecular weight is 456 g/mol. The molecule has 0 radical (unpaired) electrons. The number of aryl methyl sites for hydroxylation is 1. The number of carbonyl (C=O) groups is 1. The number of hydrogen-bond acceptors (Lipinski definition) is 6. The topological polar surface area (TPSA) is 73.8 Å². The lowest BCUT2D eigenvalue weighted by molar-refractivity contribution is 0.0439. The number of rotatable bonds is 7. The lowest BCUT2D eigenvalue weighted by Gasteiger charge is -2.31. The van der Waals surface area contributed by atoms with Crippen LogP contribution in [0.5, 0.6) is 17.5 Å². The highest BCUT2D eigenvalue weighted by atomic mass is 19.1. The van der Waals surface area contributed by atoms with Gasteiger partial charge in [-0.25, -0.2) is 19.2 Å². The average Bonchev–Trinajstić information content (AvgIpc) is 3.71. The Balaban J connectivity index is 1.19. The van der Waals surface area contributed by atoms with E-state index in [1.807, 2.05) is 31.7 Å². The minimum absolute atomic E-state index is 0.0702. The Morgan fingerprint density at radius 1 is 1.24 bits per heavy atom. The van der Waals surface area contributed by atoms with Gasteiger partial charge in [0.05, 0.1) is 12.2 Å². The first-order valence-corrected chi connectivity index (χ1v) is 11.7. The van der Waals surface area contributed by atoms with E-state index in [9.17, 15) is 9.18 Å². The predicted octanol–water partition coefficient (Wildman–Crippen LogP) is 5.06. The summed E-state index contributed by atoms with van der Waals surface area (Å²) in [4.78, 5) is 22.7. The minimum atomic E-state index is -0.421. The number of benzene rings is 1. The van der Waals surface area contributed by atoms with E-state index in [1.54, 1.807) is 6.07 Å². The number of carbonyl (C=O) groups excluding carboxylic acids is 1. The fourth-order valence-electron chi connectivity index (χ4n) is 4.51. The molecule has 176 valence electrons. The molecule has 1 aromatic carbocycles. The van der Waals surface area contributed by atoms with Gasteiger partial charge in [-0.05, 0) is 69.6 Å². The van der Waals surface area contributed by atoms with E-state index in [-0.39, 0.29) is 28.7 Å². The van der Waals surface area contributed by atoms with Gasteiger partial charge < -0.3 is 19.1 Å². The van der Waals surface area contributed by atoms with Gasteiger partial charge in [-0.3, -0.25) is 0 Å². The molecule has 2 unspecified atom stereocenters. The molecule has 1 saturated heterocycles. The highest BCUT2D eigenvalue weighted by molar-refractivity contribution is 5.69. The number of nitrogens with zero attached hydrogens (tertiary/aromatic N) is 3. The van der Waals surface area contributed by atoms with Crippen LogP contribution in [0.3, 0.4) is 0 Å². The Labute approximate surface area is 193 Å². The van der Waals surface area contributed by atoms with Gasteiger partial charge in [0.2, 0.25) is 11.8 Å². The van der Waals surface area contributed by atoms with Crippen molar-refractivity contribution in [3.8, 4) is 17.5 Å². The summed E-state index contributed by atoms with van der Waals surface area (Å²) in [6, 6.07) is 4.93. The first kappa shape index (κ1) is 21.9. The van der Waals surface area contributed by atoms with Crippen LogP contribution in [0.2, 0.25) is 0 Å². The van der Waals surface area contributed by atoms with Crippen LogP contribution in [0.25, 0.3) is 0 Å². The fraction of sp³-hybridized carbons (Fsp3) is 0.560. The number of aromatic nitrogens is 2. The van der Waals surface area contributed by atoms with Gasteiger partial charge in [0.15, 0.2) is 11.6 Å². The summed E-state index contributed by atoms with van der Waals surface area (Å²) in [5.41, 5.74) is 1.36. The zero-order chi connectivity index (χ0) is 23.2. The lowest BCUT2D eigenvalue weighted by atomic mass is 9.96. The van der Waals surface area contributed by atoms with Crippen molar-refractivity contribution >= 4 is 6.09 Å². The number of halogens is 1. The van der Waals surface area contributed by atoms with Gasteiger partial charge in [0.25, 0.3) is 0 Å². The summed E-state index contributed by atoms with van der Waals surface area (Å²) < 4.78 is 31.8. The van der Waals surface area contributed by atoms with Gasteiger partial charge in [-0.2, -0.15) is 0 Å². The first-order valence-electron chi connectivity index (χ1n) is 11.7. The minimum Gasteiger partial charge on any atom is -0.477 e. The normalized spacial score (nSPS) is 24.6. The van der Waals surface area contributed by atoms with E-state index < -0.39 is 5.82 Å². The summed E-state index contributed by atoms with van der Waals surface area (Å²) >= 11 is 0. The molecule has 3 aliphatic rings. The second-order valence-electron chi connectivity index (χ2n) is 9.90. The second kappa shape index (κ2) is 8.15. The van der Waals surface area contributed by atoms with E-state index in [0.717, 1.165) is 37.7 Å². The van der Waals surface area contributed by atoms with Crippen molar-refractivity contribution in [2.75, 3.05) is 19.7 Å². The maximum absolute atomic E-state index is 14.3. The van der Waals surface area contributed by atoms with Crippen molar-refractivity contribution in [3.05, 3.63) is 41.5 Å². The Morgan fingerprint density at radius 3 is 2.73 bits per heavy atom. The molecule has 5 rings (SSSR count). The molecule has 2 saturated carbocycles. The number of amides is 1. The molecular formula is C25H30FN3O4. The number of fused-ring (bicyclic) bond motifs is 1. The van der Waals surface area contributed by atoms with Crippen LogP contribution < -0.4 is 9.47 Å². The number of ether oxygens (including phenoxy) is 3. The molecule has 3 fully saturated rings. The van der Waals surface area contributed by atoms with Crippen molar-refractivity contribution in [1.29, 1.82) is 0 Å². The van der Waals surface area contributed by atoms with Gasteiger partial charge in [-0.15, -0.1) is 0 Å². The van der Waals surface area contributed by atoms with E-state index in [2.05, 4.69) is 9.97 Å². The number of hydrogen-bond donors (Lipinski definition) is 0. The van der Waals surface area contributed by atoms with Gasteiger partial charge in [-0.1, -0.05) is 13.0 Å². The molecule has 0 spiro atoms. The Morgan fingerprint density at radius 2 is 2.03 bits per heavy atom. The van der Waals surface area contributed by atoms with Crippen LogP contribution in [-0.4, -0.2) is 46.3 Å². The van der Waals surface area contributed by atoms with Gasteiger partial charge in [0, 0.05) is 18.5 Å². The van der Waals surface area contributed by atoms with Gasteiger partial charge >= 0.3 is 6.09 Å². The summed E-state index contributed by atoms with van der Waals surface area (Å²) in [7, 11) is 0. The van der Waals surface area contributed by atoms with Gasteiger partial charge in [0.1, 0.15) is 11.9 Å². The van der Waals surface area contributed by atoms with Crippen LogP contribution in [-0.2, 0) is 11.2 Å². The first-order chi connectivity index (χ1) is 15.8. The molecule has 7 nitrogen and oxygen atoms in total. The molecule has 33 heavy (non-hydrogen) atoms. The van der Waals surface area contributed by atoms with Crippen molar-refractivity contribution in [2.45, 2.75) is 58.5 Å². The number of likely N-dealkylation sites (tertiary alicyclic amines) is 1. The van der Waals surface area contributed by atoms with Crippen LogP contribution in [0, 0.1) is 24.1 Å². The van der Waals surface area contributed by atoms with Crippen LogP contribution in [0.15, 0.2) is 24.5 Å². The molecule has 0 N–H and O–H groups in total. The highest BCUT2D eigenvalue weighted by Gasteiger charge is 2.58. The quantitative estimate of drug-likeness (QED) is 0.581. The van der Waals surface area contributed by atoms with E-state index in [1.165, 1.54) is 12.4 Å². The molecule has 1 aromatic heterocycles. The fourth-order valence-corrected chi connectivity index (χ4v) is 4.51. The summed E-state index contributed by atoms with van der Waals surface area (Å²) in [6.07, 6.45) is 5.74. The Bertz CT molecular complexity index is 1070. The van der Waals surface area contributed by atoms with E-state index in [4.69, 9.17) is 14.2 Å². The van der Waals surface area contributed by atoms with E-state index >= 15 is 0 Å². The van der Waals surface area contributed by atoms with E-state index in [0.29, 0.717) is 37.1 Å². The largest absolute Gasteiger partial charge is 0.477 e. The third-order valence-corrected chi connectivity index (χ3v) is 7.32.